The van der Waals surface area contributed by atoms with E-state index in [0.717, 1.165) is 28.1 Å². The third kappa shape index (κ3) is 3.32. The molecule has 134 valence electrons. The first-order valence-electron chi connectivity index (χ1n) is 7.89. The number of para-hydroxylation sites is 1. The highest BCUT2D eigenvalue weighted by atomic mass is 32.1. The van der Waals surface area contributed by atoms with Crippen molar-refractivity contribution in [2.75, 3.05) is 11.9 Å². The van der Waals surface area contributed by atoms with E-state index in [4.69, 9.17) is 0 Å². The first kappa shape index (κ1) is 16.7. The van der Waals surface area contributed by atoms with Crippen molar-refractivity contribution in [2.45, 2.75) is 19.0 Å². The van der Waals surface area contributed by atoms with Gasteiger partial charge in [-0.15, -0.1) is 26.6 Å². The van der Waals surface area contributed by atoms with Gasteiger partial charge in [-0.2, -0.15) is 17.7 Å². The number of rotatable bonds is 5. The number of aromatic nitrogens is 5. The summed E-state index contributed by atoms with van der Waals surface area (Å²) in [7, 11) is 0. The van der Waals surface area contributed by atoms with Gasteiger partial charge < -0.3 is 5.32 Å². The van der Waals surface area contributed by atoms with Crippen LogP contribution in [0.1, 0.15) is 17.3 Å². The van der Waals surface area contributed by atoms with Crippen LogP contribution in [0.15, 0.2) is 36.4 Å². The molecule has 0 atom stereocenters. The molecule has 6 nitrogen and oxygen atoms in total. The van der Waals surface area contributed by atoms with E-state index < -0.39 is 12.0 Å². The minimum Gasteiger partial charge on any atom is -0.369 e. The molecule has 4 aromatic rings. The second kappa shape index (κ2) is 6.52. The average Bonchev–Trinajstić information content (AvgIpc) is 3.21. The molecule has 0 aliphatic heterocycles. The van der Waals surface area contributed by atoms with Crippen LogP contribution in [0, 0.1) is 0 Å². The lowest BCUT2D eigenvalue weighted by Gasteiger charge is -2.07. The summed E-state index contributed by atoms with van der Waals surface area (Å²) in [6.45, 7) is 0.567. The summed E-state index contributed by atoms with van der Waals surface area (Å²) in [5.74, 6) is -0.794. The van der Waals surface area contributed by atoms with Crippen LogP contribution < -0.4 is 5.32 Å². The van der Waals surface area contributed by atoms with Gasteiger partial charge in [0, 0.05) is 13.0 Å². The van der Waals surface area contributed by atoms with Crippen molar-refractivity contribution in [2.24, 2.45) is 0 Å². The van der Waals surface area contributed by atoms with E-state index in [0.29, 0.717) is 16.9 Å². The van der Waals surface area contributed by atoms with Gasteiger partial charge in [-0.1, -0.05) is 12.1 Å². The van der Waals surface area contributed by atoms with E-state index in [2.05, 4.69) is 25.6 Å². The monoisotopic (exact) mass is 378 g/mol. The first-order chi connectivity index (χ1) is 12.5. The maximum absolute atomic E-state index is 12.9. The van der Waals surface area contributed by atoms with E-state index in [9.17, 15) is 13.2 Å². The molecule has 0 aliphatic carbocycles. The number of aryl methyl sites for hydroxylation is 1. The lowest BCUT2D eigenvalue weighted by Crippen LogP contribution is -2.14. The van der Waals surface area contributed by atoms with E-state index in [1.807, 2.05) is 24.3 Å². The summed E-state index contributed by atoms with van der Waals surface area (Å²) in [5, 5.41) is 14.6. The summed E-state index contributed by atoms with van der Waals surface area (Å²) >= 11 is 1.65. The highest BCUT2D eigenvalue weighted by Crippen LogP contribution is 2.27. The standard InChI is InChI=1S/C16H13F3N6S/c17-16(18,19)15-23-22-13-8-7-12(24-25(13)15)20-9-3-6-14-21-10-4-1-2-5-11(10)26-14/h1-2,4-5,7-8H,3,6,9H2,(H,20,24). The van der Waals surface area contributed by atoms with Crippen molar-refractivity contribution in [3.63, 3.8) is 0 Å². The van der Waals surface area contributed by atoms with E-state index >= 15 is 0 Å². The predicted molar refractivity (Wildman–Crippen MR) is 92.2 cm³/mol. The van der Waals surface area contributed by atoms with Crippen molar-refractivity contribution in [3.8, 4) is 0 Å². The molecule has 0 spiro atoms. The van der Waals surface area contributed by atoms with Crippen LogP contribution in [0.5, 0.6) is 0 Å². The van der Waals surface area contributed by atoms with Gasteiger partial charge in [-0.3, -0.25) is 0 Å². The Hall–Kier alpha value is -2.75. The third-order valence-electron chi connectivity index (χ3n) is 3.73. The molecule has 1 aromatic carbocycles. The number of nitrogens with one attached hydrogen (secondary N) is 1. The van der Waals surface area contributed by atoms with Gasteiger partial charge in [-0.05, 0) is 30.7 Å². The van der Waals surface area contributed by atoms with Crippen molar-refractivity contribution in [1.29, 1.82) is 0 Å². The number of halogens is 3. The number of fused-ring (bicyclic) bond motifs is 2. The van der Waals surface area contributed by atoms with E-state index in [1.165, 1.54) is 6.07 Å². The number of anilines is 1. The molecule has 0 unspecified atom stereocenters. The van der Waals surface area contributed by atoms with Gasteiger partial charge in [0.25, 0.3) is 5.82 Å². The number of alkyl halides is 3. The summed E-state index contributed by atoms with van der Waals surface area (Å²) in [6, 6.07) is 11.0. The smallest absolute Gasteiger partial charge is 0.369 e. The molecule has 3 aromatic heterocycles. The zero-order chi connectivity index (χ0) is 18.1. The molecule has 0 amide bonds. The van der Waals surface area contributed by atoms with E-state index in [-0.39, 0.29) is 5.65 Å². The number of hydrogen-bond donors (Lipinski definition) is 1. The Kier molecular flexibility index (Phi) is 4.19. The molecule has 1 N–H and O–H groups in total. The first-order valence-corrected chi connectivity index (χ1v) is 8.70. The van der Waals surface area contributed by atoms with Crippen molar-refractivity contribution in [3.05, 3.63) is 47.2 Å². The SMILES string of the molecule is FC(F)(F)c1nnc2ccc(NCCCc3nc4ccccc4s3)nn12. The van der Waals surface area contributed by atoms with Crippen LogP contribution in [-0.4, -0.2) is 31.3 Å². The Morgan fingerprint density at radius 2 is 1.92 bits per heavy atom. The Morgan fingerprint density at radius 3 is 2.73 bits per heavy atom. The van der Waals surface area contributed by atoms with Gasteiger partial charge in [0.2, 0.25) is 0 Å². The molecule has 10 heteroatoms. The second-order valence-corrected chi connectivity index (χ2v) is 6.73. The molecule has 26 heavy (non-hydrogen) atoms. The zero-order valence-corrected chi connectivity index (χ0v) is 14.2. The van der Waals surface area contributed by atoms with E-state index in [1.54, 1.807) is 17.4 Å². The number of benzene rings is 1. The van der Waals surface area contributed by atoms with Crippen LogP contribution >= 0.6 is 11.3 Å². The summed E-state index contributed by atoms with van der Waals surface area (Å²) in [4.78, 5) is 4.56. The molecule has 0 saturated carbocycles. The Morgan fingerprint density at radius 1 is 1.08 bits per heavy atom. The quantitative estimate of drug-likeness (QED) is 0.535. The molecule has 0 saturated heterocycles. The largest absolute Gasteiger partial charge is 0.453 e. The van der Waals surface area contributed by atoms with Crippen LogP contribution in [0.3, 0.4) is 0 Å². The molecule has 4 rings (SSSR count). The minimum absolute atomic E-state index is 0.0531. The highest BCUT2D eigenvalue weighted by Gasteiger charge is 2.37. The summed E-state index contributed by atoms with van der Waals surface area (Å²) < 4.78 is 40.5. The topological polar surface area (TPSA) is 68.0 Å². The number of hydrogen-bond acceptors (Lipinski definition) is 6. The molecular weight excluding hydrogens is 365 g/mol. The lowest BCUT2D eigenvalue weighted by molar-refractivity contribution is -0.146. The van der Waals surface area contributed by atoms with Crippen molar-refractivity contribution < 1.29 is 13.2 Å². The third-order valence-corrected chi connectivity index (χ3v) is 4.82. The second-order valence-electron chi connectivity index (χ2n) is 5.62. The van der Waals surface area contributed by atoms with Crippen LogP contribution in [0.2, 0.25) is 0 Å². The number of nitrogens with zero attached hydrogens (tertiary/aromatic N) is 5. The number of thiazole rings is 1. The Bertz CT molecular complexity index is 1020. The van der Waals surface area contributed by atoms with Crippen LogP contribution in [0.4, 0.5) is 19.0 Å². The van der Waals surface area contributed by atoms with Crippen LogP contribution in [0.25, 0.3) is 15.9 Å². The zero-order valence-electron chi connectivity index (χ0n) is 13.4. The fraction of sp³-hybridized carbons (Fsp3) is 0.250. The maximum Gasteiger partial charge on any atom is 0.453 e. The maximum atomic E-state index is 12.9. The van der Waals surface area contributed by atoms with Gasteiger partial charge in [0.1, 0.15) is 5.82 Å². The average molecular weight is 378 g/mol. The van der Waals surface area contributed by atoms with Crippen molar-refractivity contribution in [1.82, 2.24) is 24.8 Å². The summed E-state index contributed by atoms with van der Waals surface area (Å²) in [6.07, 6.45) is -3.03. The van der Waals surface area contributed by atoms with Gasteiger partial charge in [0.15, 0.2) is 5.65 Å². The van der Waals surface area contributed by atoms with Gasteiger partial charge in [-0.25, -0.2) is 4.98 Å². The van der Waals surface area contributed by atoms with Gasteiger partial charge in [0.05, 0.1) is 15.2 Å². The summed E-state index contributed by atoms with van der Waals surface area (Å²) in [5.41, 5.74) is 1.04. The molecule has 0 aliphatic rings. The molecule has 0 fully saturated rings. The molecule has 3 heterocycles. The lowest BCUT2D eigenvalue weighted by atomic mass is 10.3. The fourth-order valence-electron chi connectivity index (χ4n) is 2.54. The van der Waals surface area contributed by atoms with Crippen LogP contribution in [-0.2, 0) is 12.6 Å². The molecular formula is C16H13F3N6S. The molecule has 0 bridgehead atoms. The van der Waals surface area contributed by atoms with Gasteiger partial charge >= 0.3 is 6.18 Å². The predicted octanol–water partition coefficient (Wildman–Crippen LogP) is 3.80. The van der Waals surface area contributed by atoms with Crippen molar-refractivity contribution >= 4 is 33.0 Å². The Balaban J connectivity index is 1.40. The fourth-order valence-corrected chi connectivity index (χ4v) is 3.55. The Labute approximate surface area is 149 Å². The molecule has 0 radical (unpaired) electrons. The highest BCUT2D eigenvalue weighted by molar-refractivity contribution is 7.18. The minimum atomic E-state index is -4.60. The normalized spacial score (nSPS) is 12.1.